The van der Waals surface area contributed by atoms with E-state index < -0.39 is 0 Å². The van der Waals surface area contributed by atoms with E-state index in [0.29, 0.717) is 0 Å². The first-order valence-electron chi connectivity index (χ1n) is 19.2. The van der Waals surface area contributed by atoms with E-state index >= 15 is 0 Å². The first-order chi connectivity index (χ1) is 24.1. The second kappa shape index (κ2) is 13.2. The Morgan fingerprint density at radius 1 is 0.481 bits per heavy atom. The Hall–Kier alpha value is -3.82. The zero-order chi connectivity index (χ0) is 38.0. The van der Waals surface area contributed by atoms with Gasteiger partial charge in [-0.15, -0.1) is 11.3 Å². The molecule has 0 saturated carbocycles. The average Bonchev–Trinajstić information content (AvgIpc) is 3.51. The van der Waals surface area contributed by atoms with Gasteiger partial charge in [0.1, 0.15) is 0 Å². The lowest BCUT2D eigenvalue weighted by Crippen LogP contribution is -2.33. The van der Waals surface area contributed by atoms with E-state index in [0.717, 1.165) is 17.1 Å². The fourth-order valence-electron chi connectivity index (χ4n) is 7.74. The summed E-state index contributed by atoms with van der Waals surface area (Å²) in [5.74, 6) is 0. The zero-order valence-electron chi connectivity index (χ0n) is 34.5. The van der Waals surface area contributed by atoms with Gasteiger partial charge in [0.2, 0.25) is 0 Å². The molecule has 274 valence electrons. The van der Waals surface area contributed by atoms with Gasteiger partial charge in [0, 0.05) is 38.7 Å². The lowest BCUT2D eigenvalue weighted by molar-refractivity contribution is 0.339. The molecule has 6 rings (SSSR count). The molecule has 0 bridgehead atoms. The number of aryl methyl sites for hydroxylation is 1. The third kappa shape index (κ3) is 7.49. The van der Waals surface area contributed by atoms with E-state index in [1.54, 1.807) is 0 Å². The largest absolute Gasteiger partial charge is 0.310 e. The van der Waals surface area contributed by atoms with Crippen LogP contribution in [-0.4, -0.2) is 0 Å². The Bertz CT molecular complexity index is 1960. The number of rotatable bonds is 6. The smallest absolute Gasteiger partial charge is 0.0609 e. The minimum absolute atomic E-state index is 0.0755. The summed E-state index contributed by atoms with van der Waals surface area (Å²) in [6.07, 6.45) is 2.38. The van der Waals surface area contributed by atoms with Crippen LogP contribution in [0.2, 0.25) is 0 Å². The summed E-state index contributed by atoms with van der Waals surface area (Å²) in [7, 11) is 0. The highest BCUT2D eigenvalue weighted by molar-refractivity contribution is 7.10. The number of benzene rings is 4. The van der Waals surface area contributed by atoms with Crippen LogP contribution in [0.3, 0.4) is 0 Å². The van der Waals surface area contributed by atoms with Crippen molar-refractivity contribution >= 4 is 45.5 Å². The summed E-state index contributed by atoms with van der Waals surface area (Å²) < 4.78 is 0. The molecule has 1 heterocycles. The van der Waals surface area contributed by atoms with Gasteiger partial charge in [-0.25, -0.2) is 0 Å². The van der Waals surface area contributed by atoms with E-state index in [-0.39, 0.29) is 27.1 Å². The van der Waals surface area contributed by atoms with Crippen LogP contribution < -0.4 is 9.80 Å². The molecule has 1 aliphatic carbocycles. The topological polar surface area (TPSA) is 6.48 Å². The maximum Gasteiger partial charge on any atom is 0.0609 e. The molecule has 52 heavy (non-hydrogen) atoms. The van der Waals surface area contributed by atoms with Crippen LogP contribution in [0.1, 0.15) is 136 Å². The highest BCUT2D eigenvalue weighted by Crippen LogP contribution is 2.55. The minimum Gasteiger partial charge on any atom is -0.310 e. The van der Waals surface area contributed by atoms with Gasteiger partial charge >= 0.3 is 0 Å². The number of anilines is 6. The van der Waals surface area contributed by atoms with Crippen LogP contribution in [0.25, 0.3) is 0 Å². The predicted octanol–water partition coefficient (Wildman–Crippen LogP) is 15.2. The highest BCUT2D eigenvalue weighted by Gasteiger charge is 2.41. The quantitative estimate of drug-likeness (QED) is 0.173. The number of hydrogen-bond donors (Lipinski definition) is 0. The predicted molar refractivity (Wildman–Crippen MR) is 230 cm³/mol. The molecule has 4 aromatic carbocycles. The third-order valence-electron chi connectivity index (χ3n) is 11.2. The first kappa shape index (κ1) is 37.9. The summed E-state index contributed by atoms with van der Waals surface area (Å²) in [6, 6.07) is 34.8. The molecule has 0 amide bonds. The number of fused-ring (bicyclic) bond motifs is 1. The molecule has 5 aromatic rings. The zero-order valence-corrected chi connectivity index (χ0v) is 35.3. The monoisotopic (exact) mass is 710 g/mol. The molecule has 0 saturated heterocycles. The number of thiophene rings is 1. The van der Waals surface area contributed by atoms with E-state index in [9.17, 15) is 0 Å². The molecule has 0 aliphatic heterocycles. The molecule has 0 fully saturated rings. The molecule has 0 radical (unpaired) electrons. The Balaban J connectivity index is 1.58. The summed E-state index contributed by atoms with van der Waals surface area (Å²) in [6.45, 7) is 32.6. The van der Waals surface area contributed by atoms with Crippen LogP contribution in [-0.2, 0) is 27.1 Å². The lowest BCUT2D eigenvalue weighted by atomic mass is 9.66. The standard InChI is InChI=1S/C49H62N2S/c1-33-29-40(50(37-21-15-34(16-22-37)45(2,3)4)38-23-17-35(18-24-38)46(5,6)7)31-41(30-33)51(39-25-19-36(20-26-39)47(8,9)10)42-32-52-44-43(42)48(11,12)27-28-49(44,13)14/h15-26,29-32H,27-28H2,1-14H3. The van der Waals surface area contributed by atoms with Crippen molar-refractivity contribution in [2.24, 2.45) is 0 Å². The Kier molecular flexibility index (Phi) is 9.65. The van der Waals surface area contributed by atoms with Crippen molar-refractivity contribution in [1.29, 1.82) is 0 Å². The number of nitrogens with zero attached hydrogens (tertiary/aromatic N) is 2. The van der Waals surface area contributed by atoms with Crippen LogP contribution >= 0.6 is 11.3 Å². The Labute approximate surface area is 319 Å². The van der Waals surface area contributed by atoms with Crippen molar-refractivity contribution < 1.29 is 0 Å². The van der Waals surface area contributed by atoms with Crippen molar-refractivity contribution in [3.05, 3.63) is 129 Å². The molecule has 1 aliphatic rings. The van der Waals surface area contributed by atoms with Crippen LogP contribution in [0.15, 0.2) is 96.4 Å². The van der Waals surface area contributed by atoms with Gasteiger partial charge in [-0.1, -0.05) is 126 Å². The van der Waals surface area contributed by atoms with Gasteiger partial charge in [0.15, 0.2) is 0 Å². The summed E-state index contributed by atoms with van der Waals surface area (Å²) in [5, 5.41) is 2.44. The van der Waals surface area contributed by atoms with E-state index in [1.165, 1.54) is 62.6 Å². The number of hydrogen-bond acceptors (Lipinski definition) is 3. The highest BCUT2D eigenvalue weighted by atomic mass is 32.1. The van der Waals surface area contributed by atoms with E-state index in [4.69, 9.17) is 0 Å². The normalized spacial score (nSPS) is 15.7. The molecular formula is C49H62N2S. The average molecular weight is 711 g/mol. The summed E-state index contributed by atoms with van der Waals surface area (Å²) >= 11 is 1.95. The molecule has 0 atom stereocenters. The fraction of sp³-hybridized carbons (Fsp3) is 0.429. The Morgan fingerprint density at radius 2 is 0.846 bits per heavy atom. The van der Waals surface area contributed by atoms with Gasteiger partial charge in [0.25, 0.3) is 0 Å². The molecular weight excluding hydrogens is 649 g/mol. The van der Waals surface area contributed by atoms with Crippen molar-refractivity contribution in [3.8, 4) is 0 Å². The van der Waals surface area contributed by atoms with Gasteiger partial charge < -0.3 is 9.80 Å². The molecule has 2 nitrogen and oxygen atoms in total. The van der Waals surface area contributed by atoms with Gasteiger partial charge in [-0.05, 0) is 129 Å². The lowest BCUT2D eigenvalue weighted by Gasteiger charge is -2.41. The van der Waals surface area contributed by atoms with E-state index in [1.807, 2.05) is 11.3 Å². The molecule has 3 heteroatoms. The summed E-state index contributed by atoms with van der Waals surface area (Å²) in [5.41, 5.74) is 14.4. The van der Waals surface area contributed by atoms with E-state index in [2.05, 4.69) is 203 Å². The van der Waals surface area contributed by atoms with Gasteiger partial charge in [0.05, 0.1) is 5.69 Å². The summed E-state index contributed by atoms with van der Waals surface area (Å²) in [4.78, 5) is 6.51. The molecule has 1 aromatic heterocycles. The second-order valence-electron chi connectivity index (χ2n) is 19.7. The van der Waals surface area contributed by atoms with Crippen molar-refractivity contribution in [2.45, 2.75) is 137 Å². The molecule has 0 N–H and O–H groups in total. The van der Waals surface area contributed by atoms with Crippen molar-refractivity contribution in [2.75, 3.05) is 9.80 Å². The third-order valence-corrected chi connectivity index (χ3v) is 12.6. The minimum atomic E-state index is 0.0755. The molecule has 0 spiro atoms. The molecule has 0 unspecified atom stereocenters. The van der Waals surface area contributed by atoms with Crippen molar-refractivity contribution in [3.63, 3.8) is 0 Å². The first-order valence-corrected chi connectivity index (χ1v) is 20.1. The van der Waals surface area contributed by atoms with Crippen LogP contribution in [0.5, 0.6) is 0 Å². The van der Waals surface area contributed by atoms with Gasteiger partial charge in [-0.3, -0.25) is 0 Å². The van der Waals surface area contributed by atoms with Gasteiger partial charge in [-0.2, -0.15) is 0 Å². The Morgan fingerprint density at radius 3 is 1.25 bits per heavy atom. The van der Waals surface area contributed by atoms with Crippen LogP contribution in [0, 0.1) is 6.92 Å². The SMILES string of the molecule is Cc1cc(N(c2ccc(C(C)(C)C)cc2)c2ccc(C(C)(C)C)cc2)cc(N(c2ccc(C(C)(C)C)cc2)c2csc3c2C(C)(C)CCC3(C)C)c1. The maximum atomic E-state index is 2.55. The van der Waals surface area contributed by atoms with Crippen LogP contribution in [0.4, 0.5) is 34.1 Å². The maximum absolute atomic E-state index is 2.55. The van der Waals surface area contributed by atoms with Crippen molar-refractivity contribution in [1.82, 2.24) is 0 Å². The fourth-order valence-corrected chi connectivity index (χ4v) is 9.11. The second-order valence-corrected chi connectivity index (χ2v) is 20.6.